The van der Waals surface area contributed by atoms with Crippen molar-refractivity contribution in [3.63, 3.8) is 0 Å². The molecule has 1 fully saturated rings. The van der Waals surface area contributed by atoms with Gasteiger partial charge in [-0.3, -0.25) is 4.79 Å². The molecule has 0 radical (unpaired) electrons. The molecule has 0 N–H and O–H groups in total. The van der Waals surface area contributed by atoms with E-state index in [1.54, 1.807) is 12.3 Å². The van der Waals surface area contributed by atoms with Crippen LogP contribution in [-0.2, 0) is 0 Å². The molecule has 2 aliphatic rings. The monoisotopic (exact) mass is 340 g/mol. The van der Waals surface area contributed by atoms with E-state index >= 15 is 0 Å². The van der Waals surface area contributed by atoms with E-state index in [9.17, 15) is 4.79 Å². The third-order valence-corrected chi connectivity index (χ3v) is 5.42. The number of ketones is 1. The molecule has 0 bridgehead atoms. The molecule has 3 heterocycles. The van der Waals surface area contributed by atoms with Crippen molar-refractivity contribution in [2.24, 2.45) is 0 Å². The molecule has 24 heavy (non-hydrogen) atoms. The van der Waals surface area contributed by atoms with E-state index in [0.29, 0.717) is 23.1 Å². The highest BCUT2D eigenvalue weighted by Gasteiger charge is 2.21. The first-order chi connectivity index (χ1) is 11.6. The predicted molar refractivity (Wildman–Crippen MR) is 98.5 cm³/mol. The number of rotatable bonds is 2. The number of carbonyl (C=O) groups is 1. The first-order valence-corrected chi connectivity index (χ1v) is 8.88. The molecule has 0 atom stereocenters. The molecule has 2 aromatic rings. The van der Waals surface area contributed by atoms with E-state index in [2.05, 4.69) is 36.2 Å². The largest absolute Gasteiger partial charge is 0.319 e. The molecule has 0 saturated carbocycles. The normalized spacial score (nSPS) is 19.2. The van der Waals surface area contributed by atoms with Crippen LogP contribution >= 0.6 is 11.6 Å². The average molecular weight is 341 g/mol. The summed E-state index contributed by atoms with van der Waals surface area (Å²) in [7, 11) is 2.19. The Kier molecular flexibility index (Phi) is 4.07. The number of hydrogen-bond acceptors (Lipinski definition) is 2. The van der Waals surface area contributed by atoms with E-state index in [0.717, 1.165) is 11.1 Å². The van der Waals surface area contributed by atoms with Crippen molar-refractivity contribution in [2.45, 2.75) is 25.2 Å². The Morgan fingerprint density at radius 1 is 1.12 bits per heavy atom. The topological polar surface area (TPSA) is 25.2 Å². The molecule has 0 unspecified atom stereocenters. The van der Waals surface area contributed by atoms with E-state index < -0.39 is 0 Å². The molecule has 3 nitrogen and oxygen atoms in total. The smallest absolute Gasteiger partial charge is 0.184 e. The van der Waals surface area contributed by atoms with Gasteiger partial charge in [0.15, 0.2) is 5.78 Å². The maximum Gasteiger partial charge on any atom is 0.184 e. The number of Topliss-reactive ketones (excluding diaryl/α,β-unsaturated/α-hetero) is 1. The Balaban J connectivity index is 1.57. The molecule has 1 saturated heterocycles. The Morgan fingerprint density at radius 2 is 1.83 bits per heavy atom. The van der Waals surface area contributed by atoms with Crippen molar-refractivity contribution in [2.75, 3.05) is 20.1 Å². The average Bonchev–Trinajstić information content (AvgIpc) is 2.97. The van der Waals surface area contributed by atoms with Crippen LogP contribution in [0, 0.1) is 0 Å². The maximum atomic E-state index is 12.3. The van der Waals surface area contributed by atoms with Gasteiger partial charge in [-0.1, -0.05) is 35.9 Å². The molecular weight excluding hydrogens is 320 g/mol. The van der Waals surface area contributed by atoms with Crippen LogP contribution in [0.2, 0.25) is 5.02 Å². The van der Waals surface area contributed by atoms with Crippen LogP contribution in [0.1, 0.15) is 46.8 Å². The molecule has 2 aliphatic heterocycles. The first kappa shape index (κ1) is 15.7. The van der Waals surface area contributed by atoms with Gasteiger partial charge < -0.3 is 9.47 Å². The van der Waals surface area contributed by atoms with Gasteiger partial charge in [-0.05, 0) is 61.7 Å². The lowest BCUT2D eigenvalue weighted by Crippen LogP contribution is -2.29. The second-order valence-corrected chi connectivity index (χ2v) is 7.34. The van der Waals surface area contributed by atoms with Gasteiger partial charge in [-0.15, -0.1) is 0 Å². The fourth-order valence-corrected chi connectivity index (χ4v) is 3.95. The molecule has 1 aromatic carbocycles. The number of halogens is 1. The predicted octanol–water partition coefficient (Wildman–Crippen LogP) is 4.54. The Bertz CT molecular complexity index is 796. The number of piperidine rings is 1. The zero-order valence-corrected chi connectivity index (χ0v) is 14.6. The molecule has 124 valence electrons. The van der Waals surface area contributed by atoms with Gasteiger partial charge in [0.2, 0.25) is 0 Å². The number of benzene rings is 1. The molecule has 0 aliphatic carbocycles. The van der Waals surface area contributed by atoms with Gasteiger partial charge >= 0.3 is 0 Å². The Hall–Kier alpha value is -1.84. The van der Waals surface area contributed by atoms with Gasteiger partial charge in [-0.2, -0.15) is 0 Å². The molecule has 1 aromatic heterocycles. The van der Waals surface area contributed by atoms with Crippen LogP contribution in [0.25, 0.3) is 11.8 Å². The number of allylic oxidation sites excluding steroid dienone is 1. The Labute approximate surface area is 147 Å². The Morgan fingerprint density at radius 3 is 2.54 bits per heavy atom. The summed E-state index contributed by atoms with van der Waals surface area (Å²) in [6, 6.07) is 10.5. The number of fused-ring (bicyclic) bond motifs is 1. The van der Waals surface area contributed by atoms with Gasteiger partial charge in [0.05, 0.1) is 10.7 Å². The van der Waals surface area contributed by atoms with Crippen LogP contribution in [0.3, 0.4) is 0 Å². The van der Waals surface area contributed by atoms with Crippen molar-refractivity contribution in [1.82, 2.24) is 9.47 Å². The van der Waals surface area contributed by atoms with E-state index in [1.165, 1.54) is 31.5 Å². The van der Waals surface area contributed by atoms with Gasteiger partial charge in [0.1, 0.15) is 0 Å². The SMILES string of the molecule is CN1CCC(c2ccc(C3=Cn4cc(Cl)cc4C(=O)C3)cc2)CC1. The van der Waals surface area contributed by atoms with Crippen LogP contribution in [0.5, 0.6) is 0 Å². The lowest BCUT2D eigenvalue weighted by atomic mass is 9.88. The van der Waals surface area contributed by atoms with Crippen LogP contribution in [-0.4, -0.2) is 35.4 Å². The van der Waals surface area contributed by atoms with Crippen molar-refractivity contribution in [3.05, 3.63) is 58.4 Å². The lowest BCUT2D eigenvalue weighted by Gasteiger charge is -2.29. The number of aromatic nitrogens is 1. The van der Waals surface area contributed by atoms with Crippen molar-refractivity contribution >= 4 is 29.2 Å². The molecule has 4 heteroatoms. The molecule has 0 spiro atoms. The summed E-state index contributed by atoms with van der Waals surface area (Å²) in [6.45, 7) is 2.34. The highest BCUT2D eigenvalue weighted by Crippen LogP contribution is 2.32. The fourth-order valence-electron chi connectivity index (χ4n) is 3.74. The minimum Gasteiger partial charge on any atom is -0.319 e. The minimum atomic E-state index is 0.124. The highest BCUT2D eigenvalue weighted by atomic mass is 35.5. The fraction of sp³-hybridized carbons (Fsp3) is 0.350. The summed E-state index contributed by atoms with van der Waals surface area (Å²) in [6.07, 6.45) is 6.70. The summed E-state index contributed by atoms with van der Waals surface area (Å²) in [5.74, 6) is 0.783. The number of likely N-dealkylation sites (tertiary alicyclic amines) is 1. The summed E-state index contributed by atoms with van der Waals surface area (Å²) in [5, 5.41) is 0.605. The third-order valence-electron chi connectivity index (χ3n) is 5.22. The quantitative estimate of drug-likeness (QED) is 0.802. The maximum absolute atomic E-state index is 12.3. The van der Waals surface area contributed by atoms with Gasteiger partial charge in [0.25, 0.3) is 0 Å². The summed E-state index contributed by atoms with van der Waals surface area (Å²) in [4.78, 5) is 14.7. The molecule has 4 rings (SSSR count). The zero-order chi connectivity index (χ0) is 16.7. The number of carbonyl (C=O) groups excluding carboxylic acids is 1. The number of nitrogens with zero attached hydrogens (tertiary/aromatic N) is 2. The van der Waals surface area contributed by atoms with Gasteiger partial charge in [-0.25, -0.2) is 0 Å². The molecule has 0 amide bonds. The van der Waals surface area contributed by atoms with Crippen LogP contribution in [0.15, 0.2) is 36.5 Å². The van der Waals surface area contributed by atoms with Crippen molar-refractivity contribution in [1.29, 1.82) is 0 Å². The van der Waals surface area contributed by atoms with Crippen LogP contribution < -0.4 is 0 Å². The first-order valence-electron chi connectivity index (χ1n) is 8.50. The lowest BCUT2D eigenvalue weighted by molar-refractivity contribution is 0.0990. The summed E-state index contributed by atoms with van der Waals surface area (Å²) < 4.78 is 1.84. The van der Waals surface area contributed by atoms with E-state index in [4.69, 9.17) is 11.6 Å². The van der Waals surface area contributed by atoms with E-state index in [1.807, 2.05) is 10.8 Å². The molecular formula is C20H21ClN2O. The second kappa shape index (κ2) is 6.23. The zero-order valence-electron chi connectivity index (χ0n) is 13.8. The van der Waals surface area contributed by atoms with Crippen molar-refractivity contribution < 1.29 is 4.79 Å². The van der Waals surface area contributed by atoms with Gasteiger partial charge in [0, 0.05) is 18.8 Å². The van der Waals surface area contributed by atoms with Crippen molar-refractivity contribution in [3.8, 4) is 0 Å². The second-order valence-electron chi connectivity index (χ2n) is 6.90. The minimum absolute atomic E-state index is 0.124. The highest BCUT2D eigenvalue weighted by molar-refractivity contribution is 6.31. The van der Waals surface area contributed by atoms with E-state index in [-0.39, 0.29) is 5.78 Å². The summed E-state index contributed by atoms with van der Waals surface area (Å²) in [5.41, 5.74) is 4.26. The van der Waals surface area contributed by atoms with Crippen LogP contribution in [0.4, 0.5) is 0 Å². The number of hydrogen-bond donors (Lipinski definition) is 0. The standard InChI is InChI=1S/C20H21ClN2O/c1-22-8-6-16(7-9-22)14-2-4-15(5-3-14)17-10-20(24)19-11-18(21)13-23(19)12-17/h2-5,11-13,16H,6-10H2,1H3. The summed E-state index contributed by atoms with van der Waals surface area (Å²) >= 11 is 6.02. The third kappa shape index (κ3) is 2.94.